The predicted octanol–water partition coefficient (Wildman–Crippen LogP) is 3.84. The molecule has 0 radical (unpaired) electrons. The second kappa shape index (κ2) is 6.56. The van der Waals surface area contributed by atoms with Crippen LogP contribution in [0.3, 0.4) is 0 Å². The number of hydrogen-bond donors (Lipinski definition) is 1. The van der Waals surface area contributed by atoms with Crippen LogP contribution < -0.4 is 5.73 Å². The molecule has 0 amide bonds. The normalized spacial score (nSPS) is 12.8. The molecule has 0 aliphatic rings. The number of halogens is 1. The van der Waals surface area contributed by atoms with Gasteiger partial charge in [-0.3, -0.25) is 0 Å². The Balaban J connectivity index is 2.70. The van der Waals surface area contributed by atoms with Crippen LogP contribution in [0, 0.1) is 0 Å². The molecular weight excluding hydrogens is 270 g/mol. The van der Waals surface area contributed by atoms with Crippen LogP contribution in [-0.2, 0) is 6.42 Å². The highest BCUT2D eigenvalue weighted by Gasteiger charge is 2.04. The Hall–Kier alpha value is 0.01000. The number of benzene rings is 1. The maximum atomic E-state index is 5.79. The van der Waals surface area contributed by atoms with E-state index in [2.05, 4.69) is 41.1 Å². The van der Waals surface area contributed by atoms with E-state index in [0.717, 1.165) is 6.42 Å². The van der Waals surface area contributed by atoms with Crippen molar-refractivity contribution in [3.8, 4) is 0 Å². The molecule has 0 saturated carbocycles. The van der Waals surface area contributed by atoms with Crippen molar-refractivity contribution in [2.24, 2.45) is 5.73 Å². The molecule has 1 unspecified atom stereocenters. The second-order valence-corrected chi connectivity index (χ2v) is 5.81. The highest BCUT2D eigenvalue weighted by atomic mass is 79.9. The number of rotatable bonds is 5. The summed E-state index contributed by atoms with van der Waals surface area (Å²) in [5.74, 6) is 1.18. The molecule has 0 aliphatic carbocycles. The largest absolute Gasteiger partial charge is 0.328 e. The van der Waals surface area contributed by atoms with Gasteiger partial charge in [-0.1, -0.05) is 28.9 Å². The van der Waals surface area contributed by atoms with E-state index in [-0.39, 0.29) is 6.04 Å². The Kier molecular flexibility index (Phi) is 5.72. The van der Waals surface area contributed by atoms with Crippen LogP contribution in [0.5, 0.6) is 0 Å². The summed E-state index contributed by atoms with van der Waals surface area (Å²) < 4.78 is 1.18. The molecule has 0 spiro atoms. The van der Waals surface area contributed by atoms with Crippen molar-refractivity contribution in [2.45, 2.75) is 37.6 Å². The van der Waals surface area contributed by atoms with Crippen LogP contribution in [0.25, 0.3) is 0 Å². The van der Waals surface area contributed by atoms with Crippen molar-refractivity contribution in [3.05, 3.63) is 28.2 Å². The van der Waals surface area contributed by atoms with Crippen LogP contribution in [0.2, 0.25) is 0 Å². The van der Waals surface area contributed by atoms with E-state index >= 15 is 0 Å². The molecule has 84 valence electrons. The third-order valence-electron chi connectivity index (χ3n) is 2.04. The average molecular weight is 288 g/mol. The molecule has 0 aliphatic heterocycles. The summed E-state index contributed by atoms with van der Waals surface area (Å²) in [5, 5.41) is 0. The maximum absolute atomic E-state index is 5.79. The Labute approximate surface area is 105 Å². The Morgan fingerprint density at radius 3 is 2.73 bits per heavy atom. The van der Waals surface area contributed by atoms with E-state index < -0.39 is 0 Å². The molecular formula is C12H18BrNS. The first-order valence-corrected chi connectivity index (χ1v) is 7.08. The third-order valence-corrected chi connectivity index (χ3v) is 3.98. The summed E-state index contributed by atoms with van der Waals surface area (Å²) in [5.41, 5.74) is 7.08. The monoisotopic (exact) mass is 287 g/mol. The van der Waals surface area contributed by atoms with Gasteiger partial charge in [0.2, 0.25) is 0 Å². The maximum Gasteiger partial charge on any atom is 0.0219 e. The molecule has 0 saturated heterocycles. The van der Waals surface area contributed by atoms with Crippen LogP contribution in [0.15, 0.2) is 27.6 Å². The first kappa shape index (κ1) is 13.1. The minimum atomic E-state index is 0.218. The van der Waals surface area contributed by atoms with Crippen molar-refractivity contribution in [1.29, 1.82) is 0 Å². The standard InChI is InChI=1S/C12H18BrNS/c1-3-6-15-11-5-4-10(7-9(2)14)12(13)8-11/h4-5,8-9H,3,6-7,14H2,1-2H3. The average Bonchev–Trinajstić information content (AvgIpc) is 2.18. The van der Waals surface area contributed by atoms with Crippen molar-refractivity contribution < 1.29 is 0 Å². The molecule has 2 N–H and O–H groups in total. The van der Waals surface area contributed by atoms with Crippen LogP contribution in [-0.4, -0.2) is 11.8 Å². The van der Waals surface area contributed by atoms with Gasteiger partial charge >= 0.3 is 0 Å². The third kappa shape index (κ3) is 4.58. The van der Waals surface area contributed by atoms with Gasteiger partial charge in [0, 0.05) is 15.4 Å². The molecule has 1 nitrogen and oxygen atoms in total. The van der Waals surface area contributed by atoms with Gasteiger partial charge in [0.15, 0.2) is 0 Å². The molecule has 0 bridgehead atoms. The quantitative estimate of drug-likeness (QED) is 0.833. The zero-order valence-corrected chi connectivity index (χ0v) is 11.7. The van der Waals surface area contributed by atoms with E-state index in [1.165, 1.54) is 27.1 Å². The lowest BCUT2D eigenvalue weighted by atomic mass is 10.1. The Morgan fingerprint density at radius 1 is 1.47 bits per heavy atom. The van der Waals surface area contributed by atoms with Crippen LogP contribution in [0.4, 0.5) is 0 Å². The lowest BCUT2D eigenvalue weighted by molar-refractivity contribution is 0.735. The summed E-state index contributed by atoms with van der Waals surface area (Å²) >= 11 is 5.50. The molecule has 1 atom stereocenters. The molecule has 0 fully saturated rings. The van der Waals surface area contributed by atoms with E-state index in [1.807, 2.05) is 18.7 Å². The highest BCUT2D eigenvalue weighted by Crippen LogP contribution is 2.26. The topological polar surface area (TPSA) is 26.0 Å². The lowest BCUT2D eigenvalue weighted by Crippen LogP contribution is -2.17. The van der Waals surface area contributed by atoms with Crippen molar-refractivity contribution >= 4 is 27.7 Å². The highest BCUT2D eigenvalue weighted by molar-refractivity contribution is 9.10. The zero-order chi connectivity index (χ0) is 11.3. The van der Waals surface area contributed by atoms with Crippen LogP contribution in [0.1, 0.15) is 25.8 Å². The van der Waals surface area contributed by atoms with Gasteiger partial charge in [-0.15, -0.1) is 11.8 Å². The fraction of sp³-hybridized carbons (Fsp3) is 0.500. The van der Waals surface area contributed by atoms with E-state index in [0.29, 0.717) is 0 Å². The summed E-state index contributed by atoms with van der Waals surface area (Å²) in [4.78, 5) is 1.33. The van der Waals surface area contributed by atoms with Gasteiger partial charge in [0.25, 0.3) is 0 Å². The number of hydrogen-bond acceptors (Lipinski definition) is 2. The van der Waals surface area contributed by atoms with Gasteiger partial charge < -0.3 is 5.73 Å². The summed E-state index contributed by atoms with van der Waals surface area (Å²) in [6.07, 6.45) is 2.14. The molecule has 1 aromatic carbocycles. The fourth-order valence-corrected chi connectivity index (χ4v) is 2.85. The first-order valence-electron chi connectivity index (χ1n) is 5.30. The zero-order valence-electron chi connectivity index (χ0n) is 9.29. The number of nitrogens with two attached hydrogens (primary N) is 1. The van der Waals surface area contributed by atoms with E-state index in [4.69, 9.17) is 5.73 Å². The van der Waals surface area contributed by atoms with Crippen LogP contribution >= 0.6 is 27.7 Å². The van der Waals surface area contributed by atoms with Gasteiger partial charge in [-0.05, 0) is 43.2 Å². The SMILES string of the molecule is CCCSc1ccc(CC(C)N)c(Br)c1. The van der Waals surface area contributed by atoms with Gasteiger partial charge in [0.1, 0.15) is 0 Å². The Morgan fingerprint density at radius 2 is 2.20 bits per heavy atom. The predicted molar refractivity (Wildman–Crippen MR) is 72.5 cm³/mol. The molecule has 1 aromatic rings. The fourth-order valence-electron chi connectivity index (χ4n) is 1.35. The minimum Gasteiger partial charge on any atom is -0.328 e. The molecule has 0 heterocycles. The van der Waals surface area contributed by atoms with Crippen molar-refractivity contribution in [3.63, 3.8) is 0 Å². The minimum absolute atomic E-state index is 0.218. The lowest BCUT2D eigenvalue weighted by Gasteiger charge is -2.09. The van der Waals surface area contributed by atoms with Gasteiger partial charge in [-0.2, -0.15) is 0 Å². The molecule has 1 rings (SSSR count). The molecule has 15 heavy (non-hydrogen) atoms. The van der Waals surface area contributed by atoms with Gasteiger partial charge in [0.05, 0.1) is 0 Å². The molecule has 0 aromatic heterocycles. The van der Waals surface area contributed by atoms with Crippen molar-refractivity contribution in [2.75, 3.05) is 5.75 Å². The first-order chi connectivity index (χ1) is 7.13. The second-order valence-electron chi connectivity index (χ2n) is 3.78. The van der Waals surface area contributed by atoms with Crippen molar-refractivity contribution in [1.82, 2.24) is 0 Å². The Bertz CT molecular complexity index is 312. The van der Waals surface area contributed by atoms with Gasteiger partial charge in [-0.25, -0.2) is 0 Å². The smallest absolute Gasteiger partial charge is 0.0219 e. The van der Waals surface area contributed by atoms with E-state index in [1.54, 1.807) is 0 Å². The molecule has 3 heteroatoms. The number of thioether (sulfide) groups is 1. The summed E-state index contributed by atoms with van der Waals surface area (Å²) in [6.45, 7) is 4.23. The summed E-state index contributed by atoms with van der Waals surface area (Å²) in [7, 11) is 0. The summed E-state index contributed by atoms with van der Waals surface area (Å²) in [6, 6.07) is 6.77. The van der Waals surface area contributed by atoms with E-state index in [9.17, 15) is 0 Å².